The minimum atomic E-state index is -0.777. The minimum absolute atomic E-state index is 0.218. The Morgan fingerprint density at radius 1 is 1.39 bits per heavy atom. The molecular formula is C15H26O3. The van der Waals surface area contributed by atoms with Gasteiger partial charge in [0.25, 0.3) is 0 Å². The molecule has 3 unspecified atom stereocenters. The zero-order valence-electron chi connectivity index (χ0n) is 11.7. The van der Waals surface area contributed by atoms with Crippen molar-refractivity contribution in [3.8, 4) is 0 Å². The molecule has 0 amide bonds. The van der Waals surface area contributed by atoms with Crippen LogP contribution in [0, 0.1) is 17.8 Å². The number of carboxylic acids is 1. The molecule has 104 valence electrons. The summed E-state index contributed by atoms with van der Waals surface area (Å²) in [5.74, 6) is 0.735. The van der Waals surface area contributed by atoms with Crippen molar-refractivity contribution < 1.29 is 15.0 Å². The molecule has 0 bridgehead atoms. The van der Waals surface area contributed by atoms with Gasteiger partial charge in [-0.25, -0.2) is 4.79 Å². The quantitative estimate of drug-likeness (QED) is 0.765. The summed E-state index contributed by atoms with van der Waals surface area (Å²) in [7, 11) is 0. The third-order valence-electron chi connectivity index (χ3n) is 3.92. The van der Waals surface area contributed by atoms with Crippen LogP contribution in [-0.2, 0) is 4.79 Å². The van der Waals surface area contributed by atoms with Crippen LogP contribution in [0.5, 0.6) is 0 Å². The van der Waals surface area contributed by atoms with E-state index < -0.39 is 5.97 Å². The molecule has 0 aromatic heterocycles. The Morgan fingerprint density at radius 3 is 2.50 bits per heavy atom. The fourth-order valence-electron chi connectivity index (χ4n) is 2.83. The minimum Gasteiger partial charge on any atom is -0.478 e. The highest BCUT2D eigenvalue weighted by Crippen LogP contribution is 2.32. The van der Waals surface area contributed by atoms with Crippen LogP contribution in [0.25, 0.3) is 0 Å². The summed E-state index contributed by atoms with van der Waals surface area (Å²) in [6, 6.07) is 0. The van der Waals surface area contributed by atoms with Crippen LogP contribution in [0.4, 0.5) is 0 Å². The van der Waals surface area contributed by atoms with E-state index in [4.69, 9.17) is 5.11 Å². The number of aliphatic carboxylic acids is 1. The number of allylic oxidation sites excluding steroid dienone is 1. The highest BCUT2D eigenvalue weighted by Gasteiger charge is 2.24. The third kappa shape index (κ3) is 4.81. The van der Waals surface area contributed by atoms with E-state index in [1.807, 2.05) is 6.08 Å². The van der Waals surface area contributed by atoms with E-state index in [9.17, 15) is 9.90 Å². The van der Waals surface area contributed by atoms with Gasteiger partial charge in [-0.3, -0.25) is 0 Å². The summed E-state index contributed by atoms with van der Waals surface area (Å²) in [5.41, 5.74) is 0.557. The molecule has 2 N–H and O–H groups in total. The van der Waals surface area contributed by atoms with Gasteiger partial charge in [0, 0.05) is 5.57 Å². The van der Waals surface area contributed by atoms with E-state index >= 15 is 0 Å². The van der Waals surface area contributed by atoms with Gasteiger partial charge in [0.05, 0.1) is 6.10 Å². The lowest BCUT2D eigenvalue weighted by Crippen LogP contribution is -2.22. The summed E-state index contributed by atoms with van der Waals surface area (Å²) in [6.45, 7) is 6.42. The molecule has 0 fully saturated rings. The molecule has 0 aliphatic heterocycles. The van der Waals surface area contributed by atoms with Crippen molar-refractivity contribution in [3.05, 3.63) is 11.6 Å². The molecule has 0 radical (unpaired) electrons. The van der Waals surface area contributed by atoms with E-state index in [1.54, 1.807) is 0 Å². The van der Waals surface area contributed by atoms with E-state index in [0.29, 0.717) is 29.7 Å². The molecule has 1 aliphatic carbocycles. The summed E-state index contributed by atoms with van der Waals surface area (Å²) in [6.07, 6.45) is 5.79. The fourth-order valence-corrected chi connectivity index (χ4v) is 2.83. The maximum atomic E-state index is 10.8. The first-order valence-corrected chi connectivity index (χ1v) is 7.00. The van der Waals surface area contributed by atoms with Gasteiger partial charge in [-0.05, 0) is 49.9 Å². The van der Waals surface area contributed by atoms with Crippen LogP contribution < -0.4 is 0 Å². The summed E-state index contributed by atoms with van der Waals surface area (Å²) >= 11 is 0. The molecule has 1 aliphatic rings. The van der Waals surface area contributed by atoms with Gasteiger partial charge < -0.3 is 10.2 Å². The number of hydrogen-bond acceptors (Lipinski definition) is 2. The largest absolute Gasteiger partial charge is 0.478 e. The zero-order chi connectivity index (χ0) is 13.7. The maximum absolute atomic E-state index is 10.8. The Morgan fingerprint density at radius 2 is 2.06 bits per heavy atom. The van der Waals surface area contributed by atoms with Crippen LogP contribution in [0.15, 0.2) is 11.6 Å². The van der Waals surface area contributed by atoms with Crippen molar-refractivity contribution in [2.24, 2.45) is 17.8 Å². The normalized spacial score (nSPS) is 23.6. The summed E-state index contributed by atoms with van der Waals surface area (Å²) < 4.78 is 0. The maximum Gasteiger partial charge on any atom is 0.331 e. The Labute approximate surface area is 110 Å². The lowest BCUT2D eigenvalue weighted by molar-refractivity contribution is -0.133. The number of aliphatic hydroxyl groups excluding tert-OH is 1. The smallest absolute Gasteiger partial charge is 0.331 e. The second kappa shape index (κ2) is 6.93. The molecule has 3 nitrogen and oxygen atoms in total. The van der Waals surface area contributed by atoms with Gasteiger partial charge >= 0.3 is 5.97 Å². The standard InChI is InChI=1S/C15H26O3/c1-10(2)8-14(16)9-11(3)12-4-6-13(7-5-12)15(17)18/h6,10-12,14,16H,4-5,7-9H2,1-3H3,(H,17,18). The number of carboxylic acid groups (broad SMARTS) is 1. The number of carbonyl (C=O) groups is 1. The average molecular weight is 254 g/mol. The topological polar surface area (TPSA) is 57.5 Å². The van der Waals surface area contributed by atoms with E-state index in [2.05, 4.69) is 20.8 Å². The van der Waals surface area contributed by atoms with Crippen molar-refractivity contribution in [2.45, 2.75) is 59.0 Å². The average Bonchev–Trinajstić information content (AvgIpc) is 2.27. The molecule has 3 atom stereocenters. The molecule has 1 rings (SSSR count). The Hall–Kier alpha value is -0.830. The molecule has 0 aromatic rings. The van der Waals surface area contributed by atoms with Crippen molar-refractivity contribution >= 4 is 5.97 Å². The van der Waals surface area contributed by atoms with Crippen LogP contribution >= 0.6 is 0 Å². The van der Waals surface area contributed by atoms with Gasteiger partial charge in [0.1, 0.15) is 0 Å². The Kier molecular flexibility index (Phi) is 5.86. The molecule has 0 aromatic carbocycles. The fraction of sp³-hybridized carbons (Fsp3) is 0.800. The summed E-state index contributed by atoms with van der Waals surface area (Å²) in [4.78, 5) is 10.8. The first-order valence-electron chi connectivity index (χ1n) is 7.00. The zero-order valence-corrected chi connectivity index (χ0v) is 11.7. The number of aliphatic hydroxyl groups is 1. The molecular weight excluding hydrogens is 228 g/mol. The lowest BCUT2D eigenvalue weighted by Gasteiger charge is -2.28. The highest BCUT2D eigenvalue weighted by molar-refractivity contribution is 5.86. The molecule has 0 heterocycles. The van der Waals surface area contributed by atoms with Gasteiger partial charge in [-0.15, -0.1) is 0 Å². The molecule has 18 heavy (non-hydrogen) atoms. The van der Waals surface area contributed by atoms with Gasteiger partial charge in [0.2, 0.25) is 0 Å². The van der Waals surface area contributed by atoms with Crippen LogP contribution in [0.2, 0.25) is 0 Å². The van der Waals surface area contributed by atoms with E-state index in [-0.39, 0.29) is 6.10 Å². The third-order valence-corrected chi connectivity index (χ3v) is 3.92. The van der Waals surface area contributed by atoms with Crippen molar-refractivity contribution in [1.82, 2.24) is 0 Å². The van der Waals surface area contributed by atoms with Crippen LogP contribution in [0.3, 0.4) is 0 Å². The van der Waals surface area contributed by atoms with Crippen molar-refractivity contribution in [1.29, 1.82) is 0 Å². The van der Waals surface area contributed by atoms with Crippen LogP contribution in [-0.4, -0.2) is 22.3 Å². The van der Waals surface area contributed by atoms with Gasteiger partial charge in [0.15, 0.2) is 0 Å². The first kappa shape index (κ1) is 15.2. The molecule has 0 saturated heterocycles. The van der Waals surface area contributed by atoms with Crippen molar-refractivity contribution in [2.75, 3.05) is 0 Å². The van der Waals surface area contributed by atoms with Gasteiger partial charge in [-0.2, -0.15) is 0 Å². The number of rotatable bonds is 6. The van der Waals surface area contributed by atoms with Crippen molar-refractivity contribution in [3.63, 3.8) is 0 Å². The lowest BCUT2D eigenvalue weighted by atomic mass is 9.78. The molecule has 0 spiro atoms. The molecule has 3 heteroatoms. The predicted octanol–water partition coefficient (Wildman–Crippen LogP) is 3.23. The van der Waals surface area contributed by atoms with E-state index in [1.165, 1.54) is 0 Å². The van der Waals surface area contributed by atoms with Gasteiger partial charge in [-0.1, -0.05) is 26.8 Å². The highest BCUT2D eigenvalue weighted by atomic mass is 16.4. The second-order valence-corrected chi connectivity index (χ2v) is 6.07. The van der Waals surface area contributed by atoms with E-state index in [0.717, 1.165) is 25.7 Å². The SMILES string of the molecule is CC(C)CC(O)CC(C)C1CC=C(C(=O)O)CC1. The van der Waals surface area contributed by atoms with Crippen LogP contribution in [0.1, 0.15) is 52.9 Å². The second-order valence-electron chi connectivity index (χ2n) is 6.07. The predicted molar refractivity (Wildman–Crippen MR) is 72.3 cm³/mol. The first-order chi connectivity index (χ1) is 8.40. The summed E-state index contributed by atoms with van der Waals surface area (Å²) in [5, 5.41) is 18.9. The Balaban J connectivity index is 2.40. The Bertz CT molecular complexity index is 307. The molecule has 0 saturated carbocycles. The monoisotopic (exact) mass is 254 g/mol. The number of hydrogen-bond donors (Lipinski definition) is 2.